The van der Waals surface area contributed by atoms with Crippen molar-refractivity contribution in [3.63, 3.8) is 0 Å². The molecule has 1 saturated heterocycles. The Morgan fingerprint density at radius 2 is 1.88 bits per heavy atom. The van der Waals surface area contributed by atoms with E-state index >= 15 is 4.39 Å². The van der Waals surface area contributed by atoms with Crippen LogP contribution in [0.15, 0.2) is 15.8 Å². The number of ether oxygens (including phenoxy) is 1. The quantitative estimate of drug-likeness (QED) is 0.170. The minimum Gasteiger partial charge on any atom is -0.386 e. The maximum absolute atomic E-state index is 15.6. The van der Waals surface area contributed by atoms with Gasteiger partial charge >= 0.3 is 29.2 Å². The van der Waals surface area contributed by atoms with Crippen LogP contribution in [0.2, 0.25) is 0 Å². The lowest BCUT2D eigenvalue weighted by Crippen LogP contribution is -2.45. The van der Waals surface area contributed by atoms with Crippen LogP contribution in [0.25, 0.3) is 0 Å². The SMILES string of the molecule is [2H]C([2H])(OP(=O)(O)OP(=O)(O)OP(=O)(O)O)[C@H]1O[C@@H](n2cc(F)c(=O)[nH]c2=O)C(F)(C#CC)[C@H]1O. The summed E-state index contributed by atoms with van der Waals surface area (Å²) in [7, 11) is -18.0. The number of alkyl halides is 1. The van der Waals surface area contributed by atoms with Crippen molar-refractivity contribution in [2.45, 2.75) is 31.0 Å². The topological polar surface area (TPSA) is 244 Å². The van der Waals surface area contributed by atoms with E-state index in [2.05, 4.69) is 13.1 Å². The summed E-state index contributed by atoms with van der Waals surface area (Å²) in [6.45, 7) is -2.81. The third kappa shape index (κ3) is 6.74. The van der Waals surface area contributed by atoms with E-state index in [4.69, 9.17) is 22.2 Å². The molecule has 0 amide bonds. The van der Waals surface area contributed by atoms with Crippen LogP contribution in [-0.2, 0) is 31.6 Å². The molecule has 16 nitrogen and oxygen atoms in total. The molecule has 1 aliphatic heterocycles. The number of rotatable bonds is 8. The Morgan fingerprint density at radius 3 is 2.42 bits per heavy atom. The number of aliphatic hydroxyl groups excluding tert-OH is 1. The van der Waals surface area contributed by atoms with Gasteiger partial charge in [0.1, 0.15) is 12.2 Å². The molecule has 186 valence electrons. The number of halogens is 2. The van der Waals surface area contributed by atoms with E-state index in [0.29, 0.717) is 0 Å². The Morgan fingerprint density at radius 1 is 1.27 bits per heavy atom. The van der Waals surface area contributed by atoms with Gasteiger partial charge in [-0.05, 0) is 6.92 Å². The zero-order valence-electron chi connectivity index (χ0n) is 17.8. The van der Waals surface area contributed by atoms with E-state index in [0.717, 1.165) is 6.92 Å². The number of phosphoric ester groups is 1. The zero-order chi connectivity index (χ0) is 27.2. The van der Waals surface area contributed by atoms with Crippen molar-refractivity contribution in [3.8, 4) is 11.8 Å². The lowest BCUT2D eigenvalue weighted by atomic mass is 9.96. The Hall–Kier alpha value is -1.57. The first-order valence-electron chi connectivity index (χ1n) is 8.96. The molecule has 1 aromatic rings. The van der Waals surface area contributed by atoms with Crippen molar-refractivity contribution >= 4 is 23.5 Å². The molecule has 6 atom stereocenters. The van der Waals surface area contributed by atoms with E-state index in [-0.39, 0.29) is 10.8 Å². The van der Waals surface area contributed by atoms with Gasteiger partial charge in [0.2, 0.25) is 11.5 Å². The standard InChI is InChI=1S/C12H15F2N2O14P3/c1-2-3-12(14)8(17)7(28-10(12)16-4-6(13)9(18)15-11(16)19)5-27-32(23,24)30-33(25,26)29-31(20,21)22/h4,7-8,10,17H,5H2,1H3,(H,23,24)(H,25,26)(H,15,18,19)(H2,20,21,22)/t7-,8+,10-,12?/m1/s1/i5D2. The first kappa shape index (κ1) is 24.6. The van der Waals surface area contributed by atoms with Crippen LogP contribution in [0.4, 0.5) is 8.78 Å². The van der Waals surface area contributed by atoms with E-state index in [9.17, 15) is 37.7 Å². The van der Waals surface area contributed by atoms with Crippen molar-refractivity contribution in [2.24, 2.45) is 0 Å². The highest BCUT2D eigenvalue weighted by atomic mass is 31.3. The van der Waals surface area contributed by atoms with Crippen molar-refractivity contribution in [3.05, 3.63) is 32.9 Å². The molecule has 1 aromatic heterocycles. The van der Waals surface area contributed by atoms with Crippen LogP contribution in [-0.4, -0.2) is 58.7 Å². The van der Waals surface area contributed by atoms with Crippen LogP contribution in [0.5, 0.6) is 0 Å². The van der Waals surface area contributed by atoms with Gasteiger partial charge in [0.05, 0.1) is 15.5 Å². The molecule has 2 rings (SSSR count). The van der Waals surface area contributed by atoms with E-state index in [1.54, 1.807) is 5.92 Å². The Balaban J connectivity index is 2.45. The summed E-state index contributed by atoms with van der Waals surface area (Å²) in [6.07, 6.45) is -7.83. The molecule has 33 heavy (non-hydrogen) atoms. The third-order valence-electron chi connectivity index (χ3n) is 3.55. The number of phosphoric acid groups is 3. The van der Waals surface area contributed by atoms with Gasteiger partial charge in [-0.15, -0.1) is 5.92 Å². The Bertz CT molecular complexity index is 1320. The van der Waals surface area contributed by atoms with E-state index in [1.807, 2.05) is 5.92 Å². The van der Waals surface area contributed by atoms with Crippen LogP contribution < -0.4 is 11.2 Å². The molecule has 21 heteroatoms. The number of aromatic nitrogens is 2. The first-order chi connectivity index (χ1) is 15.6. The molecule has 0 radical (unpaired) electrons. The first-order valence-corrected chi connectivity index (χ1v) is 12.5. The predicted octanol–water partition coefficient (Wildman–Crippen LogP) is -0.991. The van der Waals surface area contributed by atoms with Crippen LogP contribution >= 0.6 is 23.5 Å². The van der Waals surface area contributed by atoms with Crippen LogP contribution in [0.1, 0.15) is 15.9 Å². The van der Waals surface area contributed by atoms with Gasteiger partial charge in [-0.25, -0.2) is 22.9 Å². The Kier molecular flexibility index (Phi) is 7.13. The molecule has 6 N–H and O–H groups in total. The normalized spacial score (nSPS) is 30.4. The number of hydrogen-bond donors (Lipinski definition) is 6. The van der Waals surface area contributed by atoms with Crippen molar-refractivity contribution in [2.75, 3.05) is 6.56 Å². The average Bonchev–Trinajstić information content (AvgIpc) is 2.86. The molecule has 3 unspecified atom stereocenters. The predicted molar refractivity (Wildman–Crippen MR) is 98.3 cm³/mol. The summed E-state index contributed by atoms with van der Waals surface area (Å²) in [5, 5.41) is 10.4. The largest absolute Gasteiger partial charge is 0.490 e. The summed E-state index contributed by atoms with van der Waals surface area (Å²) in [5.41, 5.74) is -6.46. The zero-order valence-corrected chi connectivity index (χ0v) is 18.4. The maximum Gasteiger partial charge on any atom is 0.490 e. The number of aromatic amines is 1. The lowest BCUT2D eigenvalue weighted by molar-refractivity contribution is -0.0539. The summed E-state index contributed by atoms with van der Waals surface area (Å²) in [5.74, 6) is 2.14. The van der Waals surface area contributed by atoms with Gasteiger partial charge in [0.25, 0.3) is 5.56 Å². The third-order valence-corrected chi connectivity index (χ3v) is 7.21. The molecular weight excluding hydrogens is 527 g/mol. The fourth-order valence-electron chi connectivity index (χ4n) is 2.42. The highest BCUT2D eigenvalue weighted by Crippen LogP contribution is 2.66. The van der Waals surface area contributed by atoms with Gasteiger partial charge in [0.15, 0.2) is 6.23 Å². The second-order valence-corrected chi connectivity index (χ2v) is 10.3. The molecule has 2 heterocycles. The second-order valence-electron chi connectivity index (χ2n) is 5.94. The fraction of sp³-hybridized carbons (Fsp3) is 0.500. The van der Waals surface area contributed by atoms with Crippen LogP contribution in [0.3, 0.4) is 0 Å². The molecule has 0 bridgehead atoms. The molecule has 0 aliphatic carbocycles. The van der Waals surface area contributed by atoms with Crippen molar-refractivity contribution in [1.82, 2.24) is 9.55 Å². The average molecular weight is 544 g/mol. The van der Waals surface area contributed by atoms with Gasteiger partial charge in [-0.2, -0.15) is 13.0 Å². The summed E-state index contributed by atoms with van der Waals surface area (Å²) in [6, 6.07) is 0. The summed E-state index contributed by atoms with van der Waals surface area (Å²) in [4.78, 5) is 60.4. The smallest absolute Gasteiger partial charge is 0.386 e. The highest BCUT2D eigenvalue weighted by molar-refractivity contribution is 7.66. The minimum atomic E-state index is -6.16. The molecule has 0 aromatic carbocycles. The van der Waals surface area contributed by atoms with Crippen molar-refractivity contribution < 1.29 is 67.8 Å². The van der Waals surface area contributed by atoms with E-state index < -0.39 is 71.2 Å². The number of H-pyrrole nitrogens is 1. The van der Waals surface area contributed by atoms with E-state index in [1.165, 1.54) is 4.98 Å². The maximum atomic E-state index is 15.6. The Labute approximate surface area is 184 Å². The highest BCUT2D eigenvalue weighted by Gasteiger charge is 2.58. The molecular formula is C12H15F2N2O14P3. The number of nitrogens with one attached hydrogen (secondary N) is 1. The van der Waals surface area contributed by atoms with Crippen molar-refractivity contribution in [1.29, 1.82) is 0 Å². The fourth-order valence-corrected chi connectivity index (χ4v) is 5.29. The molecule has 0 spiro atoms. The molecule has 1 aliphatic rings. The lowest BCUT2D eigenvalue weighted by Gasteiger charge is -2.24. The summed E-state index contributed by atoms with van der Waals surface area (Å²) < 4.78 is 94.6. The molecule has 1 fully saturated rings. The van der Waals surface area contributed by atoms with Gasteiger partial charge in [-0.1, -0.05) is 5.92 Å². The number of aliphatic hydroxyl groups is 1. The van der Waals surface area contributed by atoms with Gasteiger partial charge < -0.3 is 29.4 Å². The van der Waals surface area contributed by atoms with Gasteiger partial charge in [0, 0.05) is 0 Å². The number of hydrogen-bond acceptors (Lipinski definition) is 10. The summed E-state index contributed by atoms with van der Waals surface area (Å²) >= 11 is 0. The molecule has 0 saturated carbocycles. The monoisotopic (exact) mass is 544 g/mol. The van der Waals surface area contributed by atoms with Gasteiger partial charge in [-0.3, -0.25) is 18.9 Å². The van der Waals surface area contributed by atoms with Crippen LogP contribution in [0, 0.1) is 17.7 Å². The second kappa shape index (κ2) is 9.59. The number of nitrogens with zero attached hydrogens (tertiary/aromatic N) is 1. The minimum absolute atomic E-state index is 0.0468.